The van der Waals surface area contributed by atoms with E-state index in [1.807, 2.05) is 0 Å². The third kappa shape index (κ3) is 3.18. The van der Waals surface area contributed by atoms with Gasteiger partial charge in [-0.1, -0.05) is 0 Å². The molecule has 1 rings (SSSR count). The fourth-order valence-electron chi connectivity index (χ4n) is 1.70. The lowest BCUT2D eigenvalue weighted by Gasteiger charge is -2.26. The second-order valence-corrected chi connectivity index (χ2v) is 4.91. The average molecular weight is 231 g/mol. The van der Waals surface area contributed by atoms with Crippen molar-refractivity contribution in [1.82, 2.24) is 4.90 Å². The van der Waals surface area contributed by atoms with Crippen LogP contribution in [-0.2, 0) is 9.53 Å². The van der Waals surface area contributed by atoms with Gasteiger partial charge in [-0.2, -0.15) is 0 Å². The maximum Gasteiger partial charge on any atom is 0.417 e. The van der Waals surface area contributed by atoms with Crippen LogP contribution >= 0.6 is 0 Å². The molecule has 0 N–H and O–H groups in total. The number of carbonyl (C=O) groups excluding carboxylic acids is 2. The first-order valence-corrected chi connectivity index (χ1v) is 5.46. The van der Waals surface area contributed by atoms with Gasteiger partial charge in [0.15, 0.2) is 0 Å². The molecule has 1 saturated heterocycles. The van der Waals surface area contributed by atoms with E-state index in [4.69, 9.17) is 4.74 Å². The van der Waals surface area contributed by atoms with Crippen LogP contribution in [0.1, 0.15) is 40.0 Å². The largest absolute Gasteiger partial charge is 0.443 e. The summed E-state index contributed by atoms with van der Waals surface area (Å²) in [5.41, 5.74) is -0.639. The topological polar surface area (TPSA) is 46.6 Å². The van der Waals surface area contributed by atoms with Crippen LogP contribution in [0.5, 0.6) is 0 Å². The van der Waals surface area contributed by atoms with Gasteiger partial charge in [0.2, 0.25) is 5.91 Å². The van der Waals surface area contributed by atoms with Crippen molar-refractivity contribution in [3.8, 4) is 0 Å². The summed E-state index contributed by atoms with van der Waals surface area (Å²) < 4.78 is 17.4. The number of ether oxygens (including phenoxy) is 1. The van der Waals surface area contributed by atoms with E-state index in [0.29, 0.717) is 12.8 Å². The number of halogens is 1. The highest BCUT2D eigenvalue weighted by atomic mass is 19.1. The molecule has 0 aromatic carbocycles. The minimum absolute atomic E-state index is 0.199. The summed E-state index contributed by atoms with van der Waals surface area (Å²) in [5, 5.41) is 0. The van der Waals surface area contributed by atoms with E-state index in [9.17, 15) is 14.0 Å². The minimum atomic E-state index is -0.659. The summed E-state index contributed by atoms with van der Waals surface area (Å²) in [6.07, 6.45) is 0.366. The Bertz CT molecular complexity index is 285. The Morgan fingerprint density at radius 2 is 2.19 bits per heavy atom. The minimum Gasteiger partial charge on any atom is -0.443 e. The molecule has 1 unspecified atom stereocenters. The lowest BCUT2D eigenvalue weighted by Crippen LogP contribution is -2.42. The first-order valence-electron chi connectivity index (χ1n) is 5.46. The van der Waals surface area contributed by atoms with Crippen LogP contribution < -0.4 is 0 Å². The molecule has 0 bridgehead atoms. The standard InChI is InChI=1S/C11H18FNO3/c1-11(2,3)16-10(15)13-8(6-7-12)4-5-9(13)14/h8H,4-7H2,1-3H3. The molecule has 0 aliphatic carbocycles. The fourth-order valence-corrected chi connectivity index (χ4v) is 1.70. The van der Waals surface area contributed by atoms with Gasteiger partial charge in [0.1, 0.15) is 5.60 Å². The number of likely N-dealkylation sites (tertiary alicyclic amines) is 1. The Labute approximate surface area is 94.7 Å². The zero-order valence-corrected chi connectivity index (χ0v) is 9.96. The van der Waals surface area contributed by atoms with E-state index >= 15 is 0 Å². The molecule has 4 nitrogen and oxygen atoms in total. The van der Waals surface area contributed by atoms with Crippen LogP contribution in [0.4, 0.5) is 9.18 Å². The van der Waals surface area contributed by atoms with Gasteiger partial charge in [0.25, 0.3) is 0 Å². The number of alkyl halides is 1. The van der Waals surface area contributed by atoms with Crippen LogP contribution in [-0.4, -0.2) is 35.2 Å². The Balaban J connectivity index is 2.68. The van der Waals surface area contributed by atoms with E-state index in [-0.39, 0.29) is 18.4 Å². The van der Waals surface area contributed by atoms with Gasteiger partial charge in [0.05, 0.1) is 6.67 Å². The highest BCUT2D eigenvalue weighted by molar-refractivity contribution is 5.94. The van der Waals surface area contributed by atoms with Crippen molar-refractivity contribution in [2.75, 3.05) is 6.67 Å². The average Bonchev–Trinajstić information content (AvgIpc) is 2.44. The number of hydrogen-bond acceptors (Lipinski definition) is 3. The van der Waals surface area contributed by atoms with Gasteiger partial charge >= 0.3 is 6.09 Å². The van der Waals surface area contributed by atoms with Crippen LogP contribution in [0.25, 0.3) is 0 Å². The molecular formula is C11H18FNO3. The molecule has 1 atom stereocenters. The molecule has 1 heterocycles. The van der Waals surface area contributed by atoms with Crippen molar-refractivity contribution in [1.29, 1.82) is 0 Å². The Kier molecular flexibility index (Phi) is 3.88. The predicted octanol–water partition coefficient (Wildman–Crippen LogP) is 2.27. The molecule has 1 aliphatic heterocycles. The molecule has 1 aliphatic rings. The lowest BCUT2D eigenvalue weighted by molar-refractivity contribution is -0.128. The summed E-state index contributed by atoms with van der Waals surface area (Å²) in [6.45, 7) is 4.66. The zero-order valence-electron chi connectivity index (χ0n) is 9.96. The first-order chi connectivity index (χ1) is 7.35. The Hall–Kier alpha value is -1.13. The molecular weight excluding hydrogens is 213 g/mol. The van der Waals surface area contributed by atoms with Gasteiger partial charge in [-0.15, -0.1) is 0 Å². The Morgan fingerprint density at radius 3 is 2.69 bits per heavy atom. The number of imide groups is 1. The summed E-state index contributed by atoms with van der Waals surface area (Å²) in [7, 11) is 0. The van der Waals surface area contributed by atoms with Crippen molar-refractivity contribution in [2.24, 2.45) is 0 Å². The van der Waals surface area contributed by atoms with Crippen LogP contribution in [0.15, 0.2) is 0 Å². The van der Waals surface area contributed by atoms with Crippen molar-refractivity contribution < 1.29 is 18.7 Å². The van der Waals surface area contributed by atoms with E-state index in [1.165, 1.54) is 0 Å². The molecule has 0 saturated carbocycles. The Morgan fingerprint density at radius 1 is 1.56 bits per heavy atom. The van der Waals surface area contributed by atoms with Gasteiger partial charge in [0, 0.05) is 12.5 Å². The molecule has 2 amide bonds. The first kappa shape index (κ1) is 12.9. The highest BCUT2D eigenvalue weighted by Crippen LogP contribution is 2.24. The van der Waals surface area contributed by atoms with Crippen molar-refractivity contribution in [3.05, 3.63) is 0 Å². The van der Waals surface area contributed by atoms with Gasteiger partial charge < -0.3 is 4.74 Å². The van der Waals surface area contributed by atoms with Crippen LogP contribution in [0.2, 0.25) is 0 Å². The quantitative estimate of drug-likeness (QED) is 0.732. The van der Waals surface area contributed by atoms with Crippen molar-refractivity contribution >= 4 is 12.0 Å². The second-order valence-electron chi connectivity index (χ2n) is 4.91. The number of hydrogen-bond donors (Lipinski definition) is 0. The molecule has 0 radical (unpaired) electrons. The third-order valence-electron chi connectivity index (χ3n) is 2.36. The third-order valence-corrected chi connectivity index (χ3v) is 2.36. The monoisotopic (exact) mass is 231 g/mol. The summed E-state index contributed by atoms with van der Waals surface area (Å²) in [6, 6.07) is -0.340. The van der Waals surface area contributed by atoms with E-state index in [0.717, 1.165) is 4.90 Å². The lowest BCUT2D eigenvalue weighted by atomic mass is 10.1. The molecule has 0 aromatic heterocycles. The number of rotatable bonds is 2. The SMILES string of the molecule is CC(C)(C)OC(=O)N1C(=O)CCC1CCF. The predicted molar refractivity (Wildman–Crippen MR) is 56.7 cm³/mol. The van der Waals surface area contributed by atoms with E-state index in [1.54, 1.807) is 20.8 Å². The second kappa shape index (κ2) is 4.80. The van der Waals surface area contributed by atoms with Gasteiger partial charge in [-0.3, -0.25) is 9.18 Å². The zero-order chi connectivity index (χ0) is 12.3. The maximum atomic E-state index is 12.3. The van der Waals surface area contributed by atoms with E-state index in [2.05, 4.69) is 0 Å². The smallest absolute Gasteiger partial charge is 0.417 e. The molecule has 16 heavy (non-hydrogen) atoms. The molecule has 0 aromatic rings. The molecule has 1 fully saturated rings. The van der Waals surface area contributed by atoms with Gasteiger partial charge in [-0.25, -0.2) is 9.69 Å². The highest BCUT2D eigenvalue weighted by Gasteiger charge is 2.37. The molecule has 5 heteroatoms. The van der Waals surface area contributed by atoms with Crippen LogP contribution in [0, 0.1) is 0 Å². The number of amides is 2. The summed E-state index contributed by atoms with van der Waals surface area (Å²) in [4.78, 5) is 24.3. The normalized spacial score (nSPS) is 21.4. The van der Waals surface area contributed by atoms with E-state index < -0.39 is 18.4 Å². The summed E-state index contributed by atoms with van der Waals surface area (Å²) in [5.74, 6) is -0.271. The van der Waals surface area contributed by atoms with Crippen LogP contribution in [0.3, 0.4) is 0 Å². The fraction of sp³-hybridized carbons (Fsp3) is 0.818. The molecule has 92 valence electrons. The number of carbonyl (C=O) groups is 2. The maximum absolute atomic E-state index is 12.3. The number of nitrogens with zero attached hydrogens (tertiary/aromatic N) is 1. The summed E-state index contributed by atoms with van der Waals surface area (Å²) >= 11 is 0. The van der Waals surface area contributed by atoms with Crippen molar-refractivity contribution in [3.63, 3.8) is 0 Å². The van der Waals surface area contributed by atoms with Gasteiger partial charge in [-0.05, 0) is 33.6 Å². The molecule has 0 spiro atoms. The van der Waals surface area contributed by atoms with Crippen molar-refractivity contribution in [2.45, 2.75) is 51.7 Å².